The van der Waals surface area contributed by atoms with Gasteiger partial charge in [-0.05, 0) is 0 Å². The van der Waals surface area contributed by atoms with Gasteiger partial charge in [0.15, 0.2) is 0 Å². The Morgan fingerprint density at radius 1 is 1.00 bits per heavy atom. The molecular weight excluding hydrogens is 246 g/mol. The van der Waals surface area contributed by atoms with E-state index in [-0.39, 0.29) is 63.4 Å². The largest absolute Gasteiger partial charge is 4.00 e. The molecule has 0 heterocycles. The first-order valence-corrected chi connectivity index (χ1v) is 1.56. The summed E-state index contributed by atoms with van der Waals surface area (Å²) in [6.45, 7) is 7.75. The van der Waals surface area contributed by atoms with Crippen molar-refractivity contribution in [2.75, 3.05) is 0 Å². The van der Waals surface area contributed by atoms with Crippen LogP contribution in [-0.2, 0) is 26.2 Å². The Hall–Kier alpha value is 1.75. The number of halogens is 3. The Labute approximate surface area is 89.5 Å². The van der Waals surface area contributed by atoms with Crippen molar-refractivity contribution in [1.29, 1.82) is 0 Å². The van der Waals surface area contributed by atoms with Crippen LogP contribution in [0.2, 0.25) is 0 Å². The van der Waals surface area contributed by atoms with Crippen LogP contribution in [0.3, 0.4) is 0 Å². The van der Waals surface area contributed by atoms with Crippen LogP contribution in [-0.4, -0.2) is 0 Å². The summed E-state index contributed by atoms with van der Waals surface area (Å²) in [6.07, 6.45) is 0. The maximum atomic E-state index is 3.64. The van der Waals surface area contributed by atoms with E-state index < -0.39 is 0 Å². The number of hydrogen-bond acceptors (Lipinski definition) is 0. The second-order valence-corrected chi connectivity index (χ2v) is 1.39. The van der Waals surface area contributed by atoms with E-state index in [1.165, 1.54) is 0 Å². The summed E-state index contributed by atoms with van der Waals surface area (Å²) in [5.41, 5.74) is 0. The zero-order valence-corrected chi connectivity index (χ0v) is 9.64. The SMILES string of the molecule is [CH2-]C(C)C.[Cl-].[Cl-].[Cl-].[Zr+4]. The van der Waals surface area contributed by atoms with Crippen molar-refractivity contribution in [3.63, 3.8) is 0 Å². The van der Waals surface area contributed by atoms with Crippen LogP contribution < -0.4 is 37.2 Å². The summed E-state index contributed by atoms with van der Waals surface area (Å²) in [6, 6.07) is 0. The van der Waals surface area contributed by atoms with Gasteiger partial charge in [-0.1, -0.05) is 13.8 Å². The average molecular weight is 255 g/mol. The van der Waals surface area contributed by atoms with Crippen molar-refractivity contribution in [1.82, 2.24) is 0 Å². The molecule has 0 spiro atoms. The van der Waals surface area contributed by atoms with E-state index in [1.807, 2.05) is 0 Å². The van der Waals surface area contributed by atoms with Crippen molar-refractivity contribution in [2.24, 2.45) is 5.92 Å². The third-order valence-electron chi connectivity index (χ3n) is 0. The molecule has 8 heavy (non-hydrogen) atoms. The Morgan fingerprint density at radius 2 is 1.00 bits per heavy atom. The topological polar surface area (TPSA) is 0 Å². The average Bonchev–Trinajstić information content (AvgIpc) is 0.811. The van der Waals surface area contributed by atoms with Gasteiger partial charge in [0, 0.05) is 0 Å². The second-order valence-electron chi connectivity index (χ2n) is 1.39. The van der Waals surface area contributed by atoms with Gasteiger partial charge in [-0.3, -0.25) is 0 Å². The summed E-state index contributed by atoms with van der Waals surface area (Å²) in [5, 5.41) is 0. The van der Waals surface area contributed by atoms with Gasteiger partial charge in [-0.2, -0.15) is 5.92 Å². The molecule has 0 aliphatic heterocycles. The van der Waals surface area contributed by atoms with E-state index in [0.29, 0.717) is 5.92 Å². The van der Waals surface area contributed by atoms with Crippen molar-refractivity contribution >= 4 is 0 Å². The van der Waals surface area contributed by atoms with Crippen LogP contribution in [0.25, 0.3) is 0 Å². The molecule has 0 unspecified atom stereocenters. The molecule has 0 radical (unpaired) electrons. The molecule has 0 atom stereocenters. The molecule has 0 N–H and O–H groups in total. The summed E-state index contributed by atoms with van der Waals surface area (Å²) in [4.78, 5) is 0. The Bertz CT molecular complexity index is 16.0. The van der Waals surface area contributed by atoms with Gasteiger partial charge in [-0.15, -0.1) is 0 Å². The summed E-state index contributed by atoms with van der Waals surface area (Å²) >= 11 is 0. The third-order valence-corrected chi connectivity index (χ3v) is 0. The maximum Gasteiger partial charge on any atom is 4.00 e. The predicted octanol–water partition coefficient (Wildman–Crippen LogP) is -7.51. The van der Waals surface area contributed by atoms with Gasteiger partial charge in [-0.25, -0.2) is 0 Å². The number of hydrogen-bond donors (Lipinski definition) is 0. The molecule has 0 rings (SSSR count). The standard InChI is InChI=1S/C4H9.3ClH.Zr/c1-4(2)3;;;;/h4H,1H2,2-3H3;3*1H;/q-1;;;;+4/p-3. The minimum Gasteiger partial charge on any atom is -1.00 e. The van der Waals surface area contributed by atoms with Crippen LogP contribution in [0.1, 0.15) is 13.8 Å². The smallest absolute Gasteiger partial charge is 1.00 e. The molecule has 0 nitrogen and oxygen atoms in total. The zero-order chi connectivity index (χ0) is 3.58. The van der Waals surface area contributed by atoms with E-state index >= 15 is 0 Å². The fraction of sp³-hybridized carbons (Fsp3) is 0.750. The van der Waals surface area contributed by atoms with Gasteiger partial charge in [0.25, 0.3) is 0 Å². The van der Waals surface area contributed by atoms with E-state index in [9.17, 15) is 0 Å². The van der Waals surface area contributed by atoms with Crippen molar-refractivity contribution in [2.45, 2.75) is 13.8 Å². The third kappa shape index (κ3) is 115. The van der Waals surface area contributed by atoms with E-state index in [4.69, 9.17) is 0 Å². The maximum absolute atomic E-state index is 3.64. The molecule has 50 valence electrons. The van der Waals surface area contributed by atoms with Crippen molar-refractivity contribution in [3.8, 4) is 0 Å². The minimum absolute atomic E-state index is 0. The molecule has 0 amide bonds. The molecule has 0 aromatic heterocycles. The molecule has 0 aromatic rings. The van der Waals surface area contributed by atoms with Crippen LogP contribution in [0.15, 0.2) is 0 Å². The molecule has 0 aliphatic carbocycles. The van der Waals surface area contributed by atoms with Crippen LogP contribution in [0, 0.1) is 12.8 Å². The Morgan fingerprint density at radius 3 is 1.00 bits per heavy atom. The first-order valence-electron chi connectivity index (χ1n) is 1.56. The molecule has 0 fully saturated rings. The van der Waals surface area contributed by atoms with Gasteiger partial charge < -0.3 is 44.1 Å². The Balaban J connectivity index is -0.00000000750. The molecule has 0 aliphatic rings. The molecule has 0 bridgehead atoms. The second kappa shape index (κ2) is 23.3. The van der Waals surface area contributed by atoms with Crippen LogP contribution >= 0.6 is 0 Å². The summed E-state index contributed by atoms with van der Waals surface area (Å²) in [7, 11) is 0. The fourth-order valence-electron chi connectivity index (χ4n) is 0. The van der Waals surface area contributed by atoms with E-state index in [0.717, 1.165) is 0 Å². The van der Waals surface area contributed by atoms with Crippen LogP contribution in [0.5, 0.6) is 0 Å². The molecule has 4 heteroatoms. The molecule has 0 saturated heterocycles. The van der Waals surface area contributed by atoms with Gasteiger partial charge in [0.05, 0.1) is 0 Å². The van der Waals surface area contributed by atoms with Crippen molar-refractivity contribution < 1.29 is 63.4 Å². The fourth-order valence-corrected chi connectivity index (χ4v) is 0. The first kappa shape index (κ1) is 33.1. The monoisotopic (exact) mass is 252 g/mol. The van der Waals surface area contributed by atoms with Gasteiger partial charge in [0.1, 0.15) is 0 Å². The normalized spacial score (nSPS) is 4.50. The van der Waals surface area contributed by atoms with E-state index in [2.05, 4.69) is 20.8 Å². The minimum atomic E-state index is 0. The zero-order valence-electron chi connectivity index (χ0n) is 4.92. The van der Waals surface area contributed by atoms with Gasteiger partial charge in [0.2, 0.25) is 0 Å². The predicted molar refractivity (Wildman–Crippen MR) is 20.2 cm³/mol. The quantitative estimate of drug-likeness (QED) is 0.377. The van der Waals surface area contributed by atoms with Gasteiger partial charge >= 0.3 is 26.2 Å². The van der Waals surface area contributed by atoms with Crippen LogP contribution in [0.4, 0.5) is 0 Å². The molecule has 0 aromatic carbocycles. The number of rotatable bonds is 0. The van der Waals surface area contributed by atoms with Crippen molar-refractivity contribution in [3.05, 3.63) is 6.92 Å². The Kier molecular flexibility index (Phi) is 96.3. The first-order chi connectivity index (χ1) is 1.73. The molecular formula is C4H9Cl3Zr. The molecule has 0 saturated carbocycles. The summed E-state index contributed by atoms with van der Waals surface area (Å²) < 4.78 is 0. The van der Waals surface area contributed by atoms with E-state index in [1.54, 1.807) is 0 Å². The summed E-state index contributed by atoms with van der Waals surface area (Å²) in [5.74, 6) is 0.583.